The molecule has 0 spiro atoms. The average Bonchev–Trinajstić information content (AvgIpc) is 2.87. The van der Waals surface area contributed by atoms with E-state index in [0.717, 1.165) is 40.9 Å². The van der Waals surface area contributed by atoms with E-state index in [1.807, 2.05) is 24.3 Å². The molecule has 0 radical (unpaired) electrons. The average molecular weight is 426 g/mol. The van der Waals surface area contributed by atoms with E-state index in [0.29, 0.717) is 24.6 Å². The van der Waals surface area contributed by atoms with E-state index in [2.05, 4.69) is 29.3 Å². The van der Waals surface area contributed by atoms with Crippen LogP contribution in [0.5, 0.6) is 0 Å². The Balaban J connectivity index is 1.72. The van der Waals surface area contributed by atoms with Crippen molar-refractivity contribution in [2.24, 2.45) is 0 Å². The summed E-state index contributed by atoms with van der Waals surface area (Å²) < 4.78 is 30.6. The number of hydrogen-bond acceptors (Lipinski definition) is 6. The molecule has 0 atom stereocenters. The van der Waals surface area contributed by atoms with Crippen molar-refractivity contribution < 1.29 is 13.2 Å². The van der Waals surface area contributed by atoms with Crippen LogP contribution in [0.2, 0.25) is 0 Å². The number of hydrogen-bond donors (Lipinski definition) is 1. The molecular formula is C23H27N3O3S. The quantitative estimate of drug-likeness (QED) is 0.606. The largest absolute Gasteiger partial charge is 0.385 e. The molecule has 0 bridgehead atoms. The van der Waals surface area contributed by atoms with Gasteiger partial charge in [-0.05, 0) is 37.1 Å². The smallest absolute Gasteiger partial charge is 0.180 e. The maximum absolute atomic E-state index is 12.7. The molecule has 1 N–H and O–H groups in total. The van der Waals surface area contributed by atoms with Gasteiger partial charge in [0.2, 0.25) is 0 Å². The minimum Gasteiger partial charge on any atom is -0.385 e. The summed E-state index contributed by atoms with van der Waals surface area (Å²) in [5.41, 5.74) is 3.89. The van der Waals surface area contributed by atoms with Gasteiger partial charge in [0, 0.05) is 50.5 Å². The first-order valence-electron chi connectivity index (χ1n) is 10.2. The van der Waals surface area contributed by atoms with Gasteiger partial charge in [-0.15, -0.1) is 0 Å². The number of pyridine rings is 1. The van der Waals surface area contributed by atoms with Gasteiger partial charge in [-0.3, -0.25) is 0 Å². The first-order chi connectivity index (χ1) is 14.5. The van der Waals surface area contributed by atoms with Gasteiger partial charge in [0.25, 0.3) is 0 Å². The van der Waals surface area contributed by atoms with Crippen molar-refractivity contribution in [1.29, 1.82) is 0 Å². The number of nitrogens with zero attached hydrogens (tertiary/aromatic N) is 2. The summed E-state index contributed by atoms with van der Waals surface area (Å²) in [6.07, 6.45) is 0.900. The maximum Gasteiger partial charge on any atom is 0.180 e. The van der Waals surface area contributed by atoms with E-state index in [4.69, 9.17) is 9.72 Å². The number of rotatable bonds is 6. The molecule has 3 aromatic rings. The minimum atomic E-state index is -3.30. The summed E-state index contributed by atoms with van der Waals surface area (Å²) in [6, 6.07) is 15.5. The Bertz CT molecular complexity index is 1160. The zero-order valence-electron chi connectivity index (χ0n) is 17.4. The van der Waals surface area contributed by atoms with E-state index in [1.54, 1.807) is 19.2 Å². The lowest BCUT2D eigenvalue weighted by atomic mass is 10.1. The van der Waals surface area contributed by atoms with Crippen molar-refractivity contribution in [2.75, 3.05) is 42.8 Å². The van der Waals surface area contributed by atoms with Crippen LogP contribution in [0.15, 0.2) is 53.4 Å². The Hall–Kier alpha value is -2.64. The summed E-state index contributed by atoms with van der Waals surface area (Å²) in [5.74, 6) is 0.862. The molecule has 2 heterocycles. The van der Waals surface area contributed by atoms with Crippen LogP contribution in [0, 0.1) is 6.92 Å². The van der Waals surface area contributed by atoms with Gasteiger partial charge >= 0.3 is 0 Å². The molecule has 2 aromatic carbocycles. The van der Waals surface area contributed by atoms with Crippen molar-refractivity contribution in [2.45, 2.75) is 24.8 Å². The van der Waals surface area contributed by atoms with E-state index in [1.165, 1.54) is 5.56 Å². The van der Waals surface area contributed by atoms with Crippen LogP contribution in [-0.4, -0.2) is 46.0 Å². The van der Waals surface area contributed by atoms with Crippen molar-refractivity contribution in [1.82, 2.24) is 4.98 Å². The molecule has 6 nitrogen and oxygen atoms in total. The molecular weight excluding hydrogens is 398 g/mol. The zero-order chi connectivity index (χ0) is 21.1. The number of aromatic nitrogens is 1. The molecule has 4 rings (SSSR count). The fraction of sp³-hybridized carbons (Fsp3) is 0.348. The van der Waals surface area contributed by atoms with Gasteiger partial charge in [0.15, 0.2) is 9.84 Å². The van der Waals surface area contributed by atoms with E-state index < -0.39 is 9.84 Å². The van der Waals surface area contributed by atoms with Gasteiger partial charge in [-0.2, -0.15) is 0 Å². The van der Waals surface area contributed by atoms with Crippen LogP contribution < -0.4 is 10.2 Å². The SMILES string of the molecule is COCCCNc1cc(N2CCS(=O)(=O)c3ccccc3C2)nc2ccc(C)cc12. The number of benzene rings is 2. The molecule has 1 aliphatic heterocycles. The summed E-state index contributed by atoms with van der Waals surface area (Å²) in [6.45, 7) is 4.48. The van der Waals surface area contributed by atoms with Gasteiger partial charge in [-0.1, -0.05) is 29.8 Å². The lowest BCUT2D eigenvalue weighted by Crippen LogP contribution is -2.26. The predicted octanol–water partition coefficient (Wildman–Crippen LogP) is 3.79. The molecule has 1 aromatic heterocycles. The number of sulfone groups is 1. The third kappa shape index (κ3) is 4.27. The van der Waals surface area contributed by atoms with E-state index >= 15 is 0 Å². The fourth-order valence-corrected chi connectivity index (χ4v) is 5.33. The number of aryl methyl sites for hydroxylation is 1. The molecule has 1 aliphatic rings. The van der Waals surface area contributed by atoms with Gasteiger partial charge in [0.05, 0.1) is 16.2 Å². The van der Waals surface area contributed by atoms with Crippen LogP contribution in [-0.2, 0) is 21.1 Å². The summed E-state index contributed by atoms with van der Waals surface area (Å²) >= 11 is 0. The molecule has 0 saturated carbocycles. The van der Waals surface area contributed by atoms with Crippen molar-refractivity contribution in [3.05, 3.63) is 59.7 Å². The summed E-state index contributed by atoms with van der Waals surface area (Å²) in [7, 11) is -1.59. The number of fused-ring (bicyclic) bond motifs is 2. The number of nitrogens with one attached hydrogen (secondary N) is 1. The van der Waals surface area contributed by atoms with E-state index in [-0.39, 0.29) is 5.75 Å². The van der Waals surface area contributed by atoms with Crippen LogP contribution in [0.4, 0.5) is 11.5 Å². The first kappa shape index (κ1) is 20.6. The van der Waals surface area contributed by atoms with Gasteiger partial charge in [-0.25, -0.2) is 13.4 Å². The van der Waals surface area contributed by atoms with Crippen molar-refractivity contribution >= 4 is 32.2 Å². The zero-order valence-corrected chi connectivity index (χ0v) is 18.2. The highest BCUT2D eigenvalue weighted by Gasteiger charge is 2.26. The third-order valence-electron chi connectivity index (χ3n) is 5.41. The minimum absolute atomic E-state index is 0.0776. The van der Waals surface area contributed by atoms with E-state index in [9.17, 15) is 8.42 Å². The van der Waals surface area contributed by atoms with Crippen LogP contribution in [0.3, 0.4) is 0 Å². The van der Waals surface area contributed by atoms with Crippen LogP contribution >= 0.6 is 0 Å². The standard InChI is InChI=1S/C23H27N3O3S/c1-17-8-9-20-19(14-17)21(24-10-5-12-29-2)15-23(25-20)26-11-13-30(27,28)22-7-4-3-6-18(22)16-26/h3-4,6-9,14-15H,5,10-13,16H2,1-2H3,(H,24,25). The normalized spacial score (nSPS) is 15.6. The molecule has 0 unspecified atom stereocenters. The maximum atomic E-state index is 12.7. The lowest BCUT2D eigenvalue weighted by molar-refractivity contribution is 0.198. The summed E-state index contributed by atoms with van der Waals surface area (Å²) in [5, 5.41) is 4.58. The second kappa shape index (κ2) is 8.62. The first-order valence-corrected chi connectivity index (χ1v) is 11.8. The van der Waals surface area contributed by atoms with Crippen LogP contribution in [0.25, 0.3) is 10.9 Å². The van der Waals surface area contributed by atoms with Crippen molar-refractivity contribution in [3.63, 3.8) is 0 Å². The Labute approximate surface area is 177 Å². The number of anilines is 2. The van der Waals surface area contributed by atoms with Crippen LogP contribution in [0.1, 0.15) is 17.5 Å². The summed E-state index contributed by atoms with van der Waals surface area (Å²) in [4.78, 5) is 7.36. The van der Waals surface area contributed by atoms with Gasteiger partial charge < -0.3 is 15.0 Å². The topological polar surface area (TPSA) is 71.5 Å². The lowest BCUT2D eigenvalue weighted by Gasteiger charge is -2.23. The second-order valence-corrected chi connectivity index (χ2v) is 9.75. The molecule has 158 valence electrons. The van der Waals surface area contributed by atoms with Gasteiger partial charge in [0.1, 0.15) is 5.82 Å². The molecule has 7 heteroatoms. The number of ether oxygens (including phenoxy) is 1. The monoisotopic (exact) mass is 425 g/mol. The fourth-order valence-electron chi connectivity index (χ4n) is 3.83. The third-order valence-corrected chi connectivity index (χ3v) is 7.20. The molecule has 0 fully saturated rings. The Morgan fingerprint density at radius 3 is 2.83 bits per heavy atom. The second-order valence-electron chi connectivity index (χ2n) is 7.67. The van der Waals surface area contributed by atoms with Crippen molar-refractivity contribution in [3.8, 4) is 0 Å². The highest BCUT2D eigenvalue weighted by molar-refractivity contribution is 7.91. The molecule has 0 amide bonds. The predicted molar refractivity (Wildman–Crippen MR) is 121 cm³/mol. The highest BCUT2D eigenvalue weighted by atomic mass is 32.2. The Kier molecular flexibility index (Phi) is 5.92. The highest BCUT2D eigenvalue weighted by Crippen LogP contribution is 2.31. The molecule has 30 heavy (non-hydrogen) atoms. The Morgan fingerprint density at radius 1 is 1.17 bits per heavy atom. The molecule has 0 saturated heterocycles. The number of methoxy groups -OCH3 is 1. The molecule has 0 aliphatic carbocycles. The Morgan fingerprint density at radius 2 is 2.00 bits per heavy atom.